The predicted octanol–water partition coefficient (Wildman–Crippen LogP) is 2.78. The molecule has 8 heteroatoms. The highest BCUT2D eigenvalue weighted by molar-refractivity contribution is 5.97. The Morgan fingerprint density at radius 1 is 1.19 bits per heavy atom. The van der Waals surface area contributed by atoms with E-state index >= 15 is 0 Å². The fourth-order valence-corrected chi connectivity index (χ4v) is 2.61. The van der Waals surface area contributed by atoms with Crippen molar-refractivity contribution in [2.75, 3.05) is 0 Å². The molecule has 26 heavy (non-hydrogen) atoms. The van der Waals surface area contributed by atoms with Crippen LogP contribution >= 0.6 is 0 Å². The largest absolute Gasteiger partial charge is 0.480 e. The molecule has 0 saturated carbocycles. The number of carbonyl (C=O) groups excluding carboxylic acids is 1. The summed E-state index contributed by atoms with van der Waals surface area (Å²) in [5, 5.41) is 22.5. The van der Waals surface area contributed by atoms with Gasteiger partial charge in [0, 0.05) is 18.1 Å². The standard InChI is InChI=1S/C18H17FN2O5/c1-10-5-11(2)7-13(6-10)17(22)20-15(18(23)24)8-12-3-4-14(19)16(9-12)21(25)26/h3-7,9,15H,8H2,1-2H3,(H,20,22)(H,23,24)/t15-/m0/s1. The Bertz CT molecular complexity index is 862. The van der Waals surface area contributed by atoms with Crippen LogP contribution in [-0.4, -0.2) is 27.9 Å². The van der Waals surface area contributed by atoms with Crippen LogP contribution in [0.2, 0.25) is 0 Å². The van der Waals surface area contributed by atoms with Gasteiger partial charge in [0.15, 0.2) is 0 Å². The normalized spacial score (nSPS) is 11.7. The summed E-state index contributed by atoms with van der Waals surface area (Å²) in [6.45, 7) is 3.63. The molecule has 0 saturated heterocycles. The number of benzene rings is 2. The van der Waals surface area contributed by atoms with E-state index in [1.165, 1.54) is 6.07 Å². The molecule has 2 N–H and O–H groups in total. The van der Waals surface area contributed by atoms with Crippen molar-refractivity contribution in [3.05, 3.63) is 74.6 Å². The second kappa shape index (κ2) is 7.73. The quantitative estimate of drug-likeness (QED) is 0.608. The summed E-state index contributed by atoms with van der Waals surface area (Å²) in [6, 6.07) is 6.94. The number of halogens is 1. The zero-order valence-corrected chi connectivity index (χ0v) is 14.2. The van der Waals surface area contributed by atoms with Gasteiger partial charge in [0.1, 0.15) is 6.04 Å². The van der Waals surface area contributed by atoms with Gasteiger partial charge >= 0.3 is 11.7 Å². The van der Waals surface area contributed by atoms with Crippen LogP contribution in [0.15, 0.2) is 36.4 Å². The molecule has 0 heterocycles. The molecule has 2 aromatic carbocycles. The number of hydrogen-bond donors (Lipinski definition) is 2. The minimum Gasteiger partial charge on any atom is -0.480 e. The monoisotopic (exact) mass is 360 g/mol. The second-order valence-corrected chi connectivity index (χ2v) is 5.99. The van der Waals surface area contributed by atoms with Crippen molar-refractivity contribution in [3.63, 3.8) is 0 Å². The molecular weight excluding hydrogens is 343 g/mol. The number of carboxylic acid groups (broad SMARTS) is 1. The number of nitro benzene ring substituents is 1. The third-order valence-corrected chi connectivity index (χ3v) is 3.73. The van der Waals surface area contributed by atoms with Gasteiger partial charge in [-0.15, -0.1) is 0 Å². The summed E-state index contributed by atoms with van der Waals surface area (Å²) in [4.78, 5) is 33.7. The van der Waals surface area contributed by atoms with Gasteiger partial charge in [0.05, 0.1) is 4.92 Å². The summed E-state index contributed by atoms with van der Waals surface area (Å²) >= 11 is 0. The maximum absolute atomic E-state index is 13.4. The number of carbonyl (C=O) groups is 2. The number of aliphatic carboxylic acids is 1. The molecule has 2 rings (SSSR count). The molecular formula is C18H17FN2O5. The molecule has 7 nitrogen and oxygen atoms in total. The summed E-state index contributed by atoms with van der Waals surface area (Å²) in [5.74, 6) is -2.87. The maximum atomic E-state index is 13.4. The van der Waals surface area contributed by atoms with Crippen LogP contribution in [0.25, 0.3) is 0 Å². The first-order valence-electron chi connectivity index (χ1n) is 7.72. The molecule has 0 bridgehead atoms. The molecule has 0 aliphatic rings. The van der Waals surface area contributed by atoms with Gasteiger partial charge in [-0.25, -0.2) is 4.79 Å². The molecule has 0 aliphatic heterocycles. The van der Waals surface area contributed by atoms with E-state index in [1.807, 2.05) is 19.9 Å². The van der Waals surface area contributed by atoms with Gasteiger partial charge < -0.3 is 10.4 Å². The first kappa shape index (κ1) is 19.0. The van der Waals surface area contributed by atoms with Crippen molar-refractivity contribution in [1.29, 1.82) is 0 Å². The third-order valence-electron chi connectivity index (χ3n) is 3.73. The fourth-order valence-electron chi connectivity index (χ4n) is 2.61. The second-order valence-electron chi connectivity index (χ2n) is 5.99. The van der Waals surface area contributed by atoms with Crippen LogP contribution in [0.3, 0.4) is 0 Å². The van der Waals surface area contributed by atoms with Crippen molar-refractivity contribution >= 4 is 17.6 Å². The van der Waals surface area contributed by atoms with Crippen molar-refractivity contribution in [2.24, 2.45) is 0 Å². The van der Waals surface area contributed by atoms with Gasteiger partial charge in [0.25, 0.3) is 5.91 Å². The Labute approximate surface area is 148 Å². The number of aryl methyl sites for hydroxylation is 2. The Morgan fingerprint density at radius 2 is 1.81 bits per heavy atom. The van der Waals surface area contributed by atoms with E-state index in [1.54, 1.807) is 12.1 Å². The SMILES string of the molecule is Cc1cc(C)cc(C(=O)N[C@@H](Cc2ccc(F)c([N+](=O)[O-])c2)C(=O)O)c1. The lowest BCUT2D eigenvalue weighted by Crippen LogP contribution is -2.42. The zero-order chi connectivity index (χ0) is 19.4. The highest BCUT2D eigenvalue weighted by Gasteiger charge is 2.23. The summed E-state index contributed by atoms with van der Waals surface area (Å²) in [6.07, 6.45) is -0.215. The lowest BCUT2D eigenvalue weighted by molar-refractivity contribution is -0.387. The molecule has 0 radical (unpaired) electrons. The number of amides is 1. The fraction of sp³-hybridized carbons (Fsp3) is 0.222. The third kappa shape index (κ3) is 4.62. The van der Waals surface area contributed by atoms with E-state index in [0.717, 1.165) is 23.3 Å². The van der Waals surface area contributed by atoms with E-state index in [9.17, 15) is 29.2 Å². The number of nitrogens with one attached hydrogen (secondary N) is 1. The molecule has 0 aromatic heterocycles. The molecule has 1 amide bonds. The average Bonchev–Trinajstić information content (AvgIpc) is 2.54. The Morgan fingerprint density at radius 3 is 2.35 bits per heavy atom. The lowest BCUT2D eigenvalue weighted by Gasteiger charge is -2.15. The topological polar surface area (TPSA) is 110 Å². The summed E-state index contributed by atoms with van der Waals surface area (Å²) in [7, 11) is 0. The number of hydrogen-bond acceptors (Lipinski definition) is 4. The first-order valence-corrected chi connectivity index (χ1v) is 7.72. The summed E-state index contributed by atoms with van der Waals surface area (Å²) < 4.78 is 13.4. The van der Waals surface area contributed by atoms with Crippen molar-refractivity contribution in [1.82, 2.24) is 5.32 Å². The number of carboxylic acids is 1. The molecule has 2 aromatic rings. The Balaban J connectivity index is 2.22. The number of rotatable bonds is 6. The van der Waals surface area contributed by atoms with Crippen LogP contribution in [0.5, 0.6) is 0 Å². The van der Waals surface area contributed by atoms with E-state index in [2.05, 4.69) is 5.32 Å². The highest BCUT2D eigenvalue weighted by Crippen LogP contribution is 2.19. The smallest absolute Gasteiger partial charge is 0.326 e. The van der Waals surface area contributed by atoms with Gasteiger partial charge in [-0.05, 0) is 37.6 Å². The molecule has 0 unspecified atom stereocenters. The van der Waals surface area contributed by atoms with E-state index in [-0.39, 0.29) is 12.0 Å². The van der Waals surface area contributed by atoms with Crippen molar-refractivity contribution in [3.8, 4) is 0 Å². The predicted molar refractivity (Wildman–Crippen MR) is 91.6 cm³/mol. The highest BCUT2D eigenvalue weighted by atomic mass is 19.1. The first-order chi connectivity index (χ1) is 12.2. The van der Waals surface area contributed by atoms with E-state index in [0.29, 0.717) is 5.56 Å². The van der Waals surface area contributed by atoms with E-state index in [4.69, 9.17) is 0 Å². The zero-order valence-electron chi connectivity index (χ0n) is 14.2. The Kier molecular flexibility index (Phi) is 5.66. The summed E-state index contributed by atoms with van der Waals surface area (Å²) in [5.41, 5.74) is 1.52. The van der Waals surface area contributed by atoms with Crippen LogP contribution in [0.4, 0.5) is 10.1 Å². The van der Waals surface area contributed by atoms with Crippen molar-refractivity contribution in [2.45, 2.75) is 26.3 Å². The van der Waals surface area contributed by atoms with Gasteiger partial charge in [-0.2, -0.15) is 4.39 Å². The molecule has 0 fully saturated rings. The average molecular weight is 360 g/mol. The van der Waals surface area contributed by atoms with Crippen LogP contribution in [-0.2, 0) is 11.2 Å². The maximum Gasteiger partial charge on any atom is 0.326 e. The molecule has 0 aliphatic carbocycles. The van der Waals surface area contributed by atoms with Gasteiger partial charge in [0.2, 0.25) is 5.82 Å². The molecule has 136 valence electrons. The molecule has 0 spiro atoms. The van der Waals surface area contributed by atoms with Crippen LogP contribution in [0, 0.1) is 29.8 Å². The van der Waals surface area contributed by atoms with Crippen LogP contribution < -0.4 is 5.32 Å². The lowest BCUT2D eigenvalue weighted by atomic mass is 10.0. The van der Waals surface area contributed by atoms with E-state index < -0.39 is 34.3 Å². The van der Waals surface area contributed by atoms with Gasteiger partial charge in [-0.1, -0.05) is 23.3 Å². The van der Waals surface area contributed by atoms with Crippen LogP contribution in [0.1, 0.15) is 27.0 Å². The number of nitrogens with zero attached hydrogens (tertiary/aromatic N) is 1. The van der Waals surface area contributed by atoms with Crippen molar-refractivity contribution < 1.29 is 24.0 Å². The Hall–Kier alpha value is -3.29. The minimum atomic E-state index is -1.31. The number of nitro groups is 1. The van der Waals surface area contributed by atoms with Gasteiger partial charge in [-0.3, -0.25) is 14.9 Å². The minimum absolute atomic E-state index is 0.215. The molecule has 1 atom stereocenters.